The summed E-state index contributed by atoms with van der Waals surface area (Å²) in [4.78, 5) is 9.70. The van der Waals surface area contributed by atoms with Gasteiger partial charge in [0.15, 0.2) is 0 Å². The molecule has 1 aromatic carbocycles. The largest absolute Gasteiger partial charge is 0.493 e. The Kier molecular flexibility index (Phi) is 5.67. The molecule has 3 aromatic rings. The summed E-state index contributed by atoms with van der Waals surface area (Å²) in [7, 11) is 0. The molecular formula is C18H18ClN3OS. The Morgan fingerprint density at radius 3 is 2.96 bits per heavy atom. The Morgan fingerprint density at radius 2 is 2.12 bits per heavy atom. The first-order chi connectivity index (χ1) is 11.7. The first-order valence-corrected chi connectivity index (χ1v) is 9.02. The second-order valence-electron chi connectivity index (χ2n) is 5.17. The molecule has 124 valence electrons. The molecule has 6 heteroatoms. The molecule has 0 bridgehead atoms. The minimum atomic E-state index is 0.663. The number of thiophene rings is 1. The molecule has 1 N–H and O–H groups in total. The molecule has 0 aliphatic carbocycles. The lowest BCUT2D eigenvalue weighted by molar-refractivity contribution is 0.342. The summed E-state index contributed by atoms with van der Waals surface area (Å²) in [5.74, 6) is 1.69. The van der Waals surface area contributed by atoms with E-state index in [1.54, 1.807) is 17.7 Å². The molecule has 4 nitrogen and oxygen atoms in total. The van der Waals surface area contributed by atoms with Gasteiger partial charge >= 0.3 is 0 Å². The van der Waals surface area contributed by atoms with Crippen molar-refractivity contribution < 1.29 is 4.74 Å². The van der Waals surface area contributed by atoms with Crippen LogP contribution in [0.3, 0.4) is 0 Å². The second-order valence-corrected chi connectivity index (χ2v) is 6.52. The summed E-state index contributed by atoms with van der Waals surface area (Å²) < 4.78 is 5.50. The topological polar surface area (TPSA) is 47.0 Å². The molecule has 2 heterocycles. The fourth-order valence-corrected chi connectivity index (χ4v) is 3.32. The molecule has 0 aliphatic rings. The summed E-state index contributed by atoms with van der Waals surface area (Å²) in [6, 6.07) is 11.9. The molecule has 3 rings (SSSR count). The molecule has 0 atom stereocenters. The van der Waals surface area contributed by atoms with Crippen LogP contribution >= 0.6 is 22.9 Å². The Morgan fingerprint density at radius 1 is 1.21 bits per heavy atom. The molecule has 24 heavy (non-hydrogen) atoms. The van der Waals surface area contributed by atoms with Gasteiger partial charge in [-0.15, -0.1) is 11.3 Å². The number of aromatic nitrogens is 2. The number of halogens is 1. The quantitative estimate of drug-likeness (QED) is 0.651. The van der Waals surface area contributed by atoms with Gasteiger partial charge in [0.2, 0.25) is 0 Å². The van der Waals surface area contributed by atoms with Crippen molar-refractivity contribution in [2.75, 3.05) is 18.5 Å². The maximum absolute atomic E-state index is 6.00. The van der Waals surface area contributed by atoms with Crippen molar-refractivity contribution in [1.82, 2.24) is 9.97 Å². The van der Waals surface area contributed by atoms with E-state index in [2.05, 4.69) is 21.4 Å². The predicted octanol–water partition coefficient (Wildman–Crippen LogP) is 4.91. The first kappa shape index (κ1) is 16.7. The smallest absolute Gasteiger partial charge is 0.130 e. The molecule has 0 saturated carbocycles. The maximum Gasteiger partial charge on any atom is 0.130 e. The molecule has 0 spiro atoms. The lowest BCUT2D eigenvalue weighted by Crippen LogP contribution is -2.06. The zero-order valence-corrected chi connectivity index (χ0v) is 14.9. The van der Waals surface area contributed by atoms with E-state index in [9.17, 15) is 0 Å². The number of rotatable bonds is 7. The van der Waals surface area contributed by atoms with Gasteiger partial charge < -0.3 is 10.1 Å². The Bertz CT molecular complexity index is 806. The van der Waals surface area contributed by atoms with Crippen molar-refractivity contribution in [3.05, 3.63) is 58.7 Å². The number of anilines is 1. The maximum atomic E-state index is 6.00. The van der Waals surface area contributed by atoms with E-state index >= 15 is 0 Å². The number of nitrogens with zero attached hydrogens (tertiary/aromatic N) is 2. The van der Waals surface area contributed by atoms with Crippen LogP contribution in [0.5, 0.6) is 5.75 Å². The number of hydrogen-bond donors (Lipinski definition) is 1. The zero-order valence-electron chi connectivity index (χ0n) is 13.3. The highest BCUT2D eigenvalue weighted by atomic mass is 35.5. The van der Waals surface area contributed by atoms with Gasteiger partial charge in [0.05, 0.1) is 17.2 Å². The third-order valence-electron chi connectivity index (χ3n) is 3.41. The van der Waals surface area contributed by atoms with Crippen molar-refractivity contribution in [1.29, 1.82) is 0 Å². The molecule has 2 aromatic heterocycles. The van der Waals surface area contributed by atoms with E-state index < -0.39 is 0 Å². The fraction of sp³-hybridized carbons (Fsp3) is 0.222. The minimum Gasteiger partial charge on any atom is -0.493 e. The summed E-state index contributed by atoms with van der Waals surface area (Å²) >= 11 is 7.62. The lowest BCUT2D eigenvalue weighted by atomic mass is 10.1. The Balaban J connectivity index is 1.62. The standard InChI is InChI=1S/C18H18ClN3OS/c1-2-23-15-9-17(24-11-15)16-10-18(22-12-21-16)20-7-6-13-4-3-5-14(19)8-13/h3-5,8-12H,2,6-7H2,1H3,(H,20,21,22). The monoisotopic (exact) mass is 359 g/mol. The van der Waals surface area contributed by atoms with Gasteiger partial charge in [-0.3, -0.25) is 0 Å². The average molecular weight is 360 g/mol. The summed E-state index contributed by atoms with van der Waals surface area (Å²) in [6.45, 7) is 3.42. The van der Waals surface area contributed by atoms with E-state index in [-0.39, 0.29) is 0 Å². The average Bonchev–Trinajstić information content (AvgIpc) is 3.04. The Labute approximate surface area is 150 Å². The van der Waals surface area contributed by atoms with Crippen LogP contribution in [0.4, 0.5) is 5.82 Å². The molecule has 0 radical (unpaired) electrons. The van der Waals surface area contributed by atoms with Gasteiger partial charge in [0, 0.05) is 29.1 Å². The Hall–Kier alpha value is -2.11. The van der Waals surface area contributed by atoms with Gasteiger partial charge in [0.25, 0.3) is 0 Å². The zero-order chi connectivity index (χ0) is 16.8. The van der Waals surface area contributed by atoms with Crippen LogP contribution in [-0.4, -0.2) is 23.1 Å². The van der Waals surface area contributed by atoms with E-state index in [0.717, 1.165) is 40.1 Å². The van der Waals surface area contributed by atoms with Crippen LogP contribution in [0.2, 0.25) is 5.02 Å². The van der Waals surface area contributed by atoms with E-state index in [4.69, 9.17) is 16.3 Å². The molecule has 0 saturated heterocycles. The highest BCUT2D eigenvalue weighted by Gasteiger charge is 2.06. The highest BCUT2D eigenvalue weighted by Crippen LogP contribution is 2.30. The molecule has 0 unspecified atom stereocenters. The number of nitrogens with one attached hydrogen (secondary N) is 1. The summed E-state index contributed by atoms with van der Waals surface area (Å²) in [5.41, 5.74) is 2.09. The van der Waals surface area contributed by atoms with E-state index in [1.807, 2.05) is 42.6 Å². The van der Waals surface area contributed by atoms with Crippen LogP contribution in [0, 0.1) is 0 Å². The molecular weight excluding hydrogens is 342 g/mol. The van der Waals surface area contributed by atoms with Crippen LogP contribution in [0.15, 0.2) is 48.1 Å². The van der Waals surface area contributed by atoms with Crippen LogP contribution in [0.25, 0.3) is 10.6 Å². The molecule has 0 amide bonds. The highest BCUT2D eigenvalue weighted by molar-refractivity contribution is 7.13. The van der Waals surface area contributed by atoms with Gasteiger partial charge in [0.1, 0.15) is 17.9 Å². The summed E-state index contributed by atoms with van der Waals surface area (Å²) in [6.07, 6.45) is 2.46. The van der Waals surface area contributed by atoms with E-state index in [0.29, 0.717) is 6.61 Å². The third kappa shape index (κ3) is 4.46. The SMILES string of the molecule is CCOc1csc(-c2cc(NCCc3cccc(Cl)c3)ncn2)c1. The molecule has 0 aliphatic heterocycles. The number of benzene rings is 1. The van der Waals surface area contributed by atoms with E-state index in [1.165, 1.54) is 5.56 Å². The van der Waals surface area contributed by atoms with Gasteiger partial charge in [-0.05, 0) is 31.0 Å². The van der Waals surface area contributed by atoms with Crippen LogP contribution in [0.1, 0.15) is 12.5 Å². The van der Waals surface area contributed by atoms with Gasteiger partial charge in [-0.1, -0.05) is 23.7 Å². The third-order valence-corrected chi connectivity index (χ3v) is 4.58. The van der Waals surface area contributed by atoms with Crippen molar-refractivity contribution in [3.8, 4) is 16.3 Å². The van der Waals surface area contributed by atoms with Crippen LogP contribution in [-0.2, 0) is 6.42 Å². The fourth-order valence-electron chi connectivity index (χ4n) is 2.31. The van der Waals surface area contributed by atoms with Crippen molar-refractivity contribution >= 4 is 28.8 Å². The van der Waals surface area contributed by atoms with Crippen molar-refractivity contribution in [3.63, 3.8) is 0 Å². The first-order valence-electron chi connectivity index (χ1n) is 7.76. The van der Waals surface area contributed by atoms with Gasteiger partial charge in [-0.25, -0.2) is 9.97 Å². The lowest BCUT2D eigenvalue weighted by Gasteiger charge is -2.07. The van der Waals surface area contributed by atoms with Gasteiger partial charge in [-0.2, -0.15) is 0 Å². The van der Waals surface area contributed by atoms with Crippen LogP contribution < -0.4 is 10.1 Å². The predicted molar refractivity (Wildman–Crippen MR) is 100 cm³/mol. The molecule has 0 fully saturated rings. The van der Waals surface area contributed by atoms with Crippen molar-refractivity contribution in [2.24, 2.45) is 0 Å². The number of ether oxygens (including phenoxy) is 1. The normalized spacial score (nSPS) is 10.6. The number of hydrogen-bond acceptors (Lipinski definition) is 5. The minimum absolute atomic E-state index is 0.663. The second kappa shape index (κ2) is 8.13. The summed E-state index contributed by atoms with van der Waals surface area (Å²) in [5, 5.41) is 6.09. The van der Waals surface area contributed by atoms with Crippen molar-refractivity contribution in [2.45, 2.75) is 13.3 Å².